The second-order valence-electron chi connectivity index (χ2n) is 7.10. The minimum absolute atomic E-state index is 0. The zero-order valence-electron chi connectivity index (χ0n) is 17.7. The van der Waals surface area contributed by atoms with Crippen LogP contribution in [0.25, 0.3) is 0 Å². The van der Waals surface area contributed by atoms with E-state index in [4.69, 9.17) is 4.74 Å². The molecule has 28 heavy (non-hydrogen) atoms. The molecule has 0 radical (unpaired) electrons. The van der Waals surface area contributed by atoms with Gasteiger partial charge in [0.25, 0.3) is 0 Å². The minimum atomic E-state index is -0.198. The molecule has 2 amide bonds. The van der Waals surface area contributed by atoms with Crippen molar-refractivity contribution in [1.82, 2.24) is 16.0 Å². The fourth-order valence-corrected chi connectivity index (χ4v) is 2.20. The largest absolute Gasteiger partial charge is 0.380 e. The summed E-state index contributed by atoms with van der Waals surface area (Å²) in [5.74, 6) is 1.40. The highest BCUT2D eigenvalue weighted by molar-refractivity contribution is 14.0. The molecular weight excluding hydrogens is 469 g/mol. The first-order valence-electron chi connectivity index (χ1n) is 9.59. The standard InChI is InChI=1S/C20H35N5O2.HI/c1-15(2)10-12-27-13-11-22-19(21-5)23-14-17-6-8-18(9-7-17)25-20(26)24-16(3)4;/h6-9,15-16H,10-14H2,1-5H3,(H2,21,22,23)(H2,24,25,26);1H. The third-order valence-electron chi connectivity index (χ3n) is 3.69. The maximum absolute atomic E-state index is 11.7. The molecule has 0 aliphatic rings. The molecule has 0 aliphatic heterocycles. The first kappa shape index (κ1) is 26.4. The third-order valence-corrected chi connectivity index (χ3v) is 3.69. The molecule has 0 heterocycles. The van der Waals surface area contributed by atoms with Gasteiger partial charge in [-0.2, -0.15) is 0 Å². The van der Waals surface area contributed by atoms with Crippen molar-refractivity contribution < 1.29 is 9.53 Å². The Kier molecular flexibility index (Phi) is 14.5. The van der Waals surface area contributed by atoms with E-state index in [1.165, 1.54) is 0 Å². The van der Waals surface area contributed by atoms with Gasteiger partial charge in [-0.3, -0.25) is 4.99 Å². The number of urea groups is 1. The lowest BCUT2D eigenvalue weighted by Gasteiger charge is -2.13. The maximum Gasteiger partial charge on any atom is 0.319 e. The van der Waals surface area contributed by atoms with Gasteiger partial charge in [-0.15, -0.1) is 24.0 Å². The van der Waals surface area contributed by atoms with E-state index in [1.807, 2.05) is 38.1 Å². The van der Waals surface area contributed by atoms with Gasteiger partial charge in [0.05, 0.1) is 6.61 Å². The molecule has 0 aliphatic carbocycles. The lowest BCUT2D eigenvalue weighted by atomic mass is 10.1. The van der Waals surface area contributed by atoms with Gasteiger partial charge in [0.2, 0.25) is 0 Å². The average Bonchev–Trinajstić information content (AvgIpc) is 2.60. The first-order chi connectivity index (χ1) is 12.9. The van der Waals surface area contributed by atoms with E-state index in [0.717, 1.165) is 30.2 Å². The Hall–Kier alpha value is -1.55. The van der Waals surface area contributed by atoms with Crippen LogP contribution in [-0.4, -0.2) is 44.8 Å². The second-order valence-corrected chi connectivity index (χ2v) is 7.10. The molecule has 1 aromatic rings. The van der Waals surface area contributed by atoms with E-state index >= 15 is 0 Å². The normalized spacial score (nSPS) is 11.2. The van der Waals surface area contributed by atoms with Crippen LogP contribution in [0.4, 0.5) is 10.5 Å². The minimum Gasteiger partial charge on any atom is -0.380 e. The molecule has 0 saturated carbocycles. The summed E-state index contributed by atoms with van der Waals surface area (Å²) < 4.78 is 5.59. The summed E-state index contributed by atoms with van der Waals surface area (Å²) in [7, 11) is 1.75. The van der Waals surface area contributed by atoms with Crippen LogP contribution in [0, 0.1) is 5.92 Å². The fourth-order valence-electron chi connectivity index (χ4n) is 2.20. The Labute approximate surface area is 186 Å². The van der Waals surface area contributed by atoms with Crippen LogP contribution in [0.2, 0.25) is 0 Å². The quantitative estimate of drug-likeness (QED) is 0.170. The van der Waals surface area contributed by atoms with Crippen LogP contribution < -0.4 is 21.3 Å². The number of hydrogen-bond acceptors (Lipinski definition) is 3. The van der Waals surface area contributed by atoms with Crippen molar-refractivity contribution in [3.05, 3.63) is 29.8 Å². The van der Waals surface area contributed by atoms with E-state index in [-0.39, 0.29) is 36.0 Å². The molecule has 1 rings (SSSR count). The van der Waals surface area contributed by atoms with Crippen LogP contribution in [0.5, 0.6) is 0 Å². The molecule has 0 fully saturated rings. The van der Waals surface area contributed by atoms with Crippen LogP contribution in [-0.2, 0) is 11.3 Å². The summed E-state index contributed by atoms with van der Waals surface area (Å²) in [5, 5.41) is 12.1. The summed E-state index contributed by atoms with van der Waals surface area (Å²) in [6.45, 7) is 11.0. The number of rotatable bonds is 10. The fraction of sp³-hybridized carbons (Fsp3) is 0.600. The highest BCUT2D eigenvalue weighted by Crippen LogP contribution is 2.09. The SMILES string of the molecule is CN=C(NCCOCCC(C)C)NCc1ccc(NC(=O)NC(C)C)cc1.I. The van der Waals surface area contributed by atoms with Crippen molar-refractivity contribution >= 4 is 41.7 Å². The van der Waals surface area contributed by atoms with Crippen molar-refractivity contribution in [2.45, 2.75) is 46.7 Å². The number of carbonyl (C=O) groups excluding carboxylic acids is 1. The molecule has 7 nitrogen and oxygen atoms in total. The van der Waals surface area contributed by atoms with Gasteiger partial charge in [0, 0.05) is 38.5 Å². The molecule has 0 unspecified atom stereocenters. The zero-order chi connectivity index (χ0) is 20.1. The second kappa shape index (κ2) is 15.4. The molecule has 0 aromatic heterocycles. The van der Waals surface area contributed by atoms with Crippen LogP contribution in [0.15, 0.2) is 29.3 Å². The van der Waals surface area contributed by atoms with E-state index in [1.54, 1.807) is 7.05 Å². The smallest absolute Gasteiger partial charge is 0.319 e. The first-order valence-corrected chi connectivity index (χ1v) is 9.59. The maximum atomic E-state index is 11.7. The Morgan fingerprint density at radius 1 is 1.07 bits per heavy atom. The average molecular weight is 505 g/mol. The van der Waals surface area contributed by atoms with E-state index in [2.05, 4.69) is 40.1 Å². The molecule has 0 bridgehead atoms. The van der Waals surface area contributed by atoms with Gasteiger partial charge < -0.3 is 26.0 Å². The van der Waals surface area contributed by atoms with Gasteiger partial charge in [-0.1, -0.05) is 26.0 Å². The molecule has 160 valence electrons. The number of aliphatic imine (C=N–C) groups is 1. The third kappa shape index (κ3) is 12.8. The van der Waals surface area contributed by atoms with Crippen molar-refractivity contribution in [3.63, 3.8) is 0 Å². The van der Waals surface area contributed by atoms with Crippen molar-refractivity contribution in [3.8, 4) is 0 Å². The lowest BCUT2D eigenvalue weighted by Crippen LogP contribution is -2.38. The van der Waals surface area contributed by atoms with E-state index in [0.29, 0.717) is 25.6 Å². The molecule has 1 aromatic carbocycles. The molecule has 4 N–H and O–H groups in total. The van der Waals surface area contributed by atoms with Crippen molar-refractivity contribution in [2.75, 3.05) is 32.1 Å². The number of nitrogens with one attached hydrogen (secondary N) is 4. The van der Waals surface area contributed by atoms with Crippen molar-refractivity contribution in [2.24, 2.45) is 10.9 Å². The molecule has 0 atom stereocenters. The van der Waals surface area contributed by atoms with Gasteiger partial charge in [-0.25, -0.2) is 4.79 Å². The predicted octanol–water partition coefficient (Wildman–Crippen LogP) is 3.56. The van der Waals surface area contributed by atoms with Crippen LogP contribution in [0.1, 0.15) is 39.7 Å². The highest BCUT2D eigenvalue weighted by atomic mass is 127. The highest BCUT2D eigenvalue weighted by Gasteiger charge is 2.04. The number of halogens is 1. The van der Waals surface area contributed by atoms with Gasteiger partial charge in [-0.05, 0) is 43.9 Å². The van der Waals surface area contributed by atoms with Crippen LogP contribution in [0.3, 0.4) is 0 Å². The molecular formula is C20H36IN5O2. The zero-order valence-corrected chi connectivity index (χ0v) is 20.0. The molecule has 0 saturated heterocycles. The number of carbonyl (C=O) groups is 1. The Bertz CT molecular complexity index is 576. The van der Waals surface area contributed by atoms with E-state index in [9.17, 15) is 4.79 Å². The summed E-state index contributed by atoms with van der Waals surface area (Å²) in [6.07, 6.45) is 1.08. The predicted molar refractivity (Wildman–Crippen MR) is 128 cm³/mol. The summed E-state index contributed by atoms with van der Waals surface area (Å²) in [4.78, 5) is 15.9. The topological polar surface area (TPSA) is 86.8 Å². The molecule has 0 spiro atoms. The number of ether oxygens (including phenoxy) is 1. The number of amides is 2. The van der Waals surface area contributed by atoms with Gasteiger partial charge in [0.1, 0.15) is 0 Å². The Morgan fingerprint density at radius 2 is 1.75 bits per heavy atom. The van der Waals surface area contributed by atoms with Gasteiger partial charge in [0.15, 0.2) is 5.96 Å². The monoisotopic (exact) mass is 505 g/mol. The lowest BCUT2D eigenvalue weighted by molar-refractivity contribution is 0.128. The number of guanidine groups is 1. The number of nitrogens with zero attached hydrogens (tertiary/aromatic N) is 1. The summed E-state index contributed by atoms with van der Waals surface area (Å²) >= 11 is 0. The number of hydrogen-bond donors (Lipinski definition) is 4. The van der Waals surface area contributed by atoms with Gasteiger partial charge >= 0.3 is 6.03 Å². The Balaban J connectivity index is 0.00000729. The number of benzene rings is 1. The van der Waals surface area contributed by atoms with Crippen LogP contribution >= 0.6 is 24.0 Å². The summed E-state index contributed by atoms with van der Waals surface area (Å²) in [6, 6.07) is 7.62. The number of anilines is 1. The molecule has 8 heteroatoms. The Morgan fingerprint density at radius 3 is 2.32 bits per heavy atom. The van der Waals surface area contributed by atoms with E-state index < -0.39 is 0 Å². The summed E-state index contributed by atoms with van der Waals surface area (Å²) in [5.41, 5.74) is 1.86. The van der Waals surface area contributed by atoms with Crippen molar-refractivity contribution in [1.29, 1.82) is 0 Å².